The van der Waals surface area contributed by atoms with Gasteiger partial charge in [0.1, 0.15) is 22.1 Å². The zero-order valence-corrected chi connectivity index (χ0v) is 22.5. The van der Waals surface area contributed by atoms with E-state index in [4.69, 9.17) is 4.42 Å². The molecule has 0 spiro atoms. The minimum absolute atomic E-state index is 0.0466. The molecule has 0 amide bonds. The first kappa shape index (κ1) is 26.2. The van der Waals surface area contributed by atoms with E-state index in [9.17, 15) is 9.59 Å². The van der Waals surface area contributed by atoms with Gasteiger partial charge in [-0.2, -0.15) is 4.68 Å². The van der Waals surface area contributed by atoms with Gasteiger partial charge < -0.3 is 4.42 Å². The summed E-state index contributed by atoms with van der Waals surface area (Å²) in [5, 5.41) is 8.84. The largest absolute Gasteiger partial charge is 0.444 e. The average molecular weight is 526 g/mol. The van der Waals surface area contributed by atoms with Crippen molar-refractivity contribution >= 4 is 45.8 Å². The van der Waals surface area contributed by atoms with Crippen LogP contribution in [0.5, 0.6) is 0 Å². The number of rotatable bonds is 12. The van der Waals surface area contributed by atoms with Crippen molar-refractivity contribution < 1.29 is 14.0 Å². The van der Waals surface area contributed by atoms with E-state index in [1.165, 1.54) is 4.68 Å². The lowest BCUT2D eigenvalue weighted by Crippen LogP contribution is -2.12. The predicted octanol–water partition coefficient (Wildman–Crippen LogP) is 6.26. The van der Waals surface area contributed by atoms with Crippen molar-refractivity contribution in [3.05, 3.63) is 53.3 Å². The summed E-state index contributed by atoms with van der Waals surface area (Å²) in [5.41, 5.74) is 1.40. The molecule has 3 aromatic heterocycles. The summed E-state index contributed by atoms with van der Waals surface area (Å²) in [4.78, 5) is 33.6. The number of Topliss-reactive ketones (excluding diaryl/α,β-unsaturated/α-hetero) is 1. The Kier molecular flexibility index (Phi) is 8.68. The van der Waals surface area contributed by atoms with Crippen molar-refractivity contribution in [2.24, 2.45) is 0 Å². The topological polar surface area (TPSA) is 104 Å². The van der Waals surface area contributed by atoms with Gasteiger partial charge in [0, 0.05) is 18.3 Å². The summed E-state index contributed by atoms with van der Waals surface area (Å²) in [7, 11) is 0. The van der Waals surface area contributed by atoms with Crippen LogP contribution in [0, 0.1) is 0 Å². The van der Waals surface area contributed by atoms with Gasteiger partial charge in [0.25, 0.3) is 0 Å². The lowest BCUT2D eigenvalue weighted by atomic mass is 9.94. The molecule has 0 saturated heterocycles. The van der Waals surface area contributed by atoms with Gasteiger partial charge in [-0.25, -0.2) is 9.97 Å². The van der Waals surface area contributed by atoms with E-state index in [2.05, 4.69) is 41.1 Å². The van der Waals surface area contributed by atoms with Crippen LogP contribution in [0.3, 0.4) is 0 Å². The van der Waals surface area contributed by atoms with Crippen molar-refractivity contribution in [1.82, 2.24) is 25.0 Å². The zero-order valence-electron chi connectivity index (χ0n) is 20.9. The quantitative estimate of drug-likeness (QED) is 0.158. The van der Waals surface area contributed by atoms with Crippen molar-refractivity contribution in [3.8, 4) is 0 Å². The SMILES string of the molecule is CC(C)(C)c1cnc(CSc2cnc(CC(=O)CCCCCCC(=O)n3nnc4ccccc43)s2)o1. The molecule has 8 nitrogen and oxygen atoms in total. The number of hydrogen-bond donors (Lipinski definition) is 0. The molecule has 4 aromatic rings. The molecule has 0 aliphatic rings. The fourth-order valence-corrected chi connectivity index (χ4v) is 5.57. The Labute approximate surface area is 218 Å². The van der Waals surface area contributed by atoms with Gasteiger partial charge in [-0.05, 0) is 25.0 Å². The van der Waals surface area contributed by atoms with E-state index in [0.717, 1.165) is 51.7 Å². The average Bonchev–Trinajstić information content (AvgIpc) is 3.59. The number of fused-ring (bicyclic) bond motifs is 1. The smallest absolute Gasteiger partial charge is 0.248 e. The van der Waals surface area contributed by atoms with Crippen LogP contribution in [0.1, 0.15) is 80.7 Å². The first-order valence-corrected chi connectivity index (χ1v) is 14.0. The second-order valence-corrected chi connectivity index (χ2v) is 12.1. The highest BCUT2D eigenvalue weighted by molar-refractivity contribution is 8.00. The van der Waals surface area contributed by atoms with Gasteiger partial charge in [0.15, 0.2) is 0 Å². The van der Waals surface area contributed by atoms with Crippen LogP contribution in [0.2, 0.25) is 0 Å². The first-order chi connectivity index (χ1) is 17.3. The molecule has 0 N–H and O–H groups in total. The molecule has 0 bridgehead atoms. The predicted molar refractivity (Wildman–Crippen MR) is 141 cm³/mol. The van der Waals surface area contributed by atoms with E-state index in [0.29, 0.717) is 30.9 Å². The Morgan fingerprint density at radius 2 is 1.81 bits per heavy atom. The number of thiazole rings is 1. The van der Waals surface area contributed by atoms with Gasteiger partial charge >= 0.3 is 0 Å². The Hall–Kier alpha value is -2.85. The maximum Gasteiger partial charge on any atom is 0.248 e. The van der Waals surface area contributed by atoms with E-state index >= 15 is 0 Å². The van der Waals surface area contributed by atoms with Crippen LogP contribution < -0.4 is 0 Å². The fourth-order valence-electron chi connectivity index (χ4n) is 3.67. The van der Waals surface area contributed by atoms with E-state index in [1.807, 2.05) is 30.5 Å². The number of para-hydroxylation sites is 1. The minimum Gasteiger partial charge on any atom is -0.444 e. The van der Waals surface area contributed by atoms with Crippen molar-refractivity contribution in [2.45, 2.75) is 81.1 Å². The van der Waals surface area contributed by atoms with Crippen molar-refractivity contribution in [3.63, 3.8) is 0 Å². The number of carbonyl (C=O) groups is 2. The fraction of sp³-hybridized carbons (Fsp3) is 0.462. The molecule has 0 atom stereocenters. The third-order valence-corrected chi connectivity index (χ3v) is 7.87. The normalized spacial score (nSPS) is 11.9. The number of aromatic nitrogens is 5. The summed E-state index contributed by atoms with van der Waals surface area (Å²) in [6.45, 7) is 6.29. The molecule has 190 valence electrons. The second-order valence-electron chi connectivity index (χ2n) is 9.74. The van der Waals surface area contributed by atoms with Gasteiger partial charge in [0.05, 0.1) is 34.3 Å². The Morgan fingerprint density at radius 3 is 2.58 bits per heavy atom. The van der Waals surface area contributed by atoms with Crippen molar-refractivity contribution in [2.75, 3.05) is 0 Å². The summed E-state index contributed by atoms with van der Waals surface area (Å²) in [5.74, 6) is 2.38. The molecule has 0 fully saturated rings. The summed E-state index contributed by atoms with van der Waals surface area (Å²) >= 11 is 3.18. The number of ketones is 1. The second kappa shape index (κ2) is 11.9. The number of unbranched alkanes of at least 4 members (excludes halogenated alkanes) is 3. The maximum absolute atomic E-state index is 12.4. The molecule has 4 rings (SSSR count). The van der Waals surface area contributed by atoms with E-state index in [-0.39, 0.29) is 17.1 Å². The van der Waals surface area contributed by atoms with Crippen LogP contribution in [0.15, 0.2) is 45.3 Å². The minimum atomic E-state index is -0.0569. The molecular formula is C26H31N5O3S2. The number of benzene rings is 1. The third-order valence-electron chi connectivity index (χ3n) is 5.70. The highest BCUT2D eigenvalue weighted by Gasteiger charge is 2.19. The Balaban J connectivity index is 1.11. The highest BCUT2D eigenvalue weighted by atomic mass is 32.2. The molecule has 0 aliphatic heterocycles. The van der Waals surface area contributed by atoms with E-state index in [1.54, 1.807) is 29.3 Å². The standard InChI is InChI=1S/C26H31N5O3S2/c1-26(2,3)21-15-27-22(34-21)17-35-25-16-28-23(36-25)14-18(32)10-6-4-5-7-13-24(33)31-20-12-9-8-11-19(20)29-30-31/h8-9,11-12,15-16H,4-7,10,13-14,17H2,1-3H3. The maximum atomic E-state index is 12.4. The molecule has 0 radical (unpaired) electrons. The number of carbonyl (C=O) groups excluding carboxylic acids is 2. The van der Waals surface area contributed by atoms with Gasteiger partial charge in [0.2, 0.25) is 11.8 Å². The first-order valence-electron chi connectivity index (χ1n) is 12.2. The lowest BCUT2D eigenvalue weighted by Gasteiger charge is -2.12. The van der Waals surface area contributed by atoms with Crippen LogP contribution in [0.25, 0.3) is 11.0 Å². The van der Waals surface area contributed by atoms with Crippen LogP contribution >= 0.6 is 23.1 Å². The van der Waals surface area contributed by atoms with Gasteiger partial charge in [-0.15, -0.1) is 28.2 Å². The van der Waals surface area contributed by atoms with E-state index < -0.39 is 0 Å². The Bertz CT molecular complexity index is 1320. The molecule has 0 aliphatic carbocycles. The molecule has 36 heavy (non-hydrogen) atoms. The van der Waals surface area contributed by atoms with Crippen LogP contribution in [0.4, 0.5) is 0 Å². The molecule has 3 heterocycles. The number of thioether (sulfide) groups is 1. The third kappa shape index (κ3) is 7.10. The zero-order chi connectivity index (χ0) is 25.5. The summed E-state index contributed by atoms with van der Waals surface area (Å²) in [6, 6.07) is 7.44. The van der Waals surface area contributed by atoms with Crippen LogP contribution in [-0.4, -0.2) is 36.7 Å². The number of nitrogens with zero attached hydrogens (tertiary/aromatic N) is 5. The summed E-state index contributed by atoms with van der Waals surface area (Å²) in [6.07, 6.45) is 8.37. The number of oxazole rings is 1. The van der Waals surface area contributed by atoms with Gasteiger partial charge in [-0.1, -0.05) is 51.0 Å². The van der Waals surface area contributed by atoms with Gasteiger partial charge in [-0.3, -0.25) is 9.59 Å². The van der Waals surface area contributed by atoms with Crippen LogP contribution in [-0.2, 0) is 22.4 Å². The Morgan fingerprint density at radius 1 is 1.03 bits per heavy atom. The monoisotopic (exact) mass is 525 g/mol. The summed E-state index contributed by atoms with van der Waals surface area (Å²) < 4.78 is 8.27. The lowest BCUT2D eigenvalue weighted by molar-refractivity contribution is -0.118. The number of hydrogen-bond acceptors (Lipinski definition) is 9. The molecular weight excluding hydrogens is 494 g/mol. The molecule has 1 aromatic carbocycles. The van der Waals surface area contributed by atoms with Crippen molar-refractivity contribution in [1.29, 1.82) is 0 Å². The molecule has 0 unspecified atom stereocenters. The molecule has 0 saturated carbocycles. The highest BCUT2D eigenvalue weighted by Crippen LogP contribution is 2.30. The molecule has 10 heteroatoms.